The molecule has 0 spiro atoms. The van der Waals surface area contributed by atoms with Crippen LogP contribution in [0.3, 0.4) is 0 Å². The third-order valence-corrected chi connectivity index (χ3v) is 4.52. The average molecular weight is 388 g/mol. The fourth-order valence-corrected chi connectivity index (χ4v) is 3.07. The summed E-state index contributed by atoms with van der Waals surface area (Å²) in [6.07, 6.45) is 0. The highest BCUT2D eigenvalue weighted by Gasteiger charge is 2.15. The van der Waals surface area contributed by atoms with Gasteiger partial charge in [-0.05, 0) is 42.3 Å². The van der Waals surface area contributed by atoms with Gasteiger partial charge in [0.1, 0.15) is 0 Å². The predicted octanol–water partition coefficient (Wildman–Crippen LogP) is 4.82. The fourth-order valence-electron chi connectivity index (χ4n) is 3.07. The second-order valence-corrected chi connectivity index (χ2v) is 6.51. The van der Waals surface area contributed by atoms with E-state index in [0.29, 0.717) is 24.4 Å². The van der Waals surface area contributed by atoms with E-state index in [2.05, 4.69) is 34.9 Å². The molecule has 0 fully saturated rings. The molecule has 148 valence electrons. The van der Waals surface area contributed by atoms with Crippen molar-refractivity contribution in [3.05, 3.63) is 102 Å². The SMILES string of the molecule is CCOC(=O)c1ccc(NC(=O)NCC(c2ccccc2)c2ccccc2)cc1. The zero-order chi connectivity index (χ0) is 20.5. The molecule has 29 heavy (non-hydrogen) atoms. The largest absolute Gasteiger partial charge is 0.462 e. The minimum Gasteiger partial charge on any atom is -0.462 e. The van der Waals surface area contributed by atoms with Crippen molar-refractivity contribution in [2.75, 3.05) is 18.5 Å². The van der Waals surface area contributed by atoms with Gasteiger partial charge in [0.25, 0.3) is 0 Å². The molecule has 3 rings (SSSR count). The smallest absolute Gasteiger partial charge is 0.338 e. The number of hydrogen-bond donors (Lipinski definition) is 2. The summed E-state index contributed by atoms with van der Waals surface area (Å²) in [5.74, 6) is -0.327. The van der Waals surface area contributed by atoms with Gasteiger partial charge in [-0.15, -0.1) is 0 Å². The minimum atomic E-state index is -0.378. The van der Waals surface area contributed by atoms with Gasteiger partial charge in [-0.2, -0.15) is 0 Å². The lowest BCUT2D eigenvalue weighted by molar-refractivity contribution is 0.0526. The topological polar surface area (TPSA) is 67.4 Å². The Morgan fingerprint density at radius 3 is 1.90 bits per heavy atom. The lowest BCUT2D eigenvalue weighted by atomic mass is 9.91. The number of anilines is 1. The highest BCUT2D eigenvalue weighted by molar-refractivity contribution is 5.92. The molecule has 0 radical (unpaired) electrons. The Morgan fingerprint density at radius 1 is 0.828 bits per heavy atom. The normalized spacial score (nSPS) is 10.4. The van der Waals surface area contributed by atoms with Gasteiger partial charge in [-0.3, -0.25) is 0 Å². The van der Waals surface area contributed by atoms with Gasteiger partial charge in [-0.1, -0.05) is 60.7 Å². The molecule has 0 aliphatic rings. The molecule has 0 bridgehead atoms. The number of carbonyl (C=O) groups is 2. The number of hydrogen-bond acceptors (Lipinski definition) is 3. The van der Waals surface area contributed by atoms with Gasteiger partial charge in [-0.25, -0.2) is 9.59 Å². The number of urea groups is 1. The molecule has 0 atom stereocenters. The van der Waals surface area contributed by atoms with Crippen LogP contribution in [0.4, 0.5) is 10.5 Å². The second-order valence-electron chi connectivity index (χ2n) is 6.51. The lowest BCUT2D eigenvalue weighted by Crippen LogP contribution is -2.32. The number of rotatable bonds is 7. The molecule has 0 aliphatic carbocycles. The number of benzene rings is 3. The second kappa shape index (κ2) is 10.1. The molecule has 2 N–H and O–H groups in total. The van der Waals surface area contributed by atoms with Crippen LogP contribution in [0, 0.1) is 0 Å². The van der Waals surface area contributed by atoms with Crippen LogP contribution in [0.5, 0.6) is 0 Å². The molecule has 0 aliphatic heterocycles. The Balaban J connectivity index is 1.62. The van der Waals surface area contributed by atoms with Gasteiger partial charge in [0.05, 0.1) is 12.2 Å². The van der Waals surface area contributed by atoms with Crippen molar-refractivity contribution in [1.29, 1.82) is 0 Å². The summed E-state index contributed by atoms with van der Waals surface area (Å²) in [6, 6.07) is 26.5. The van der Waals surface area contributed by atoms with Crippen molar-refractivity contribution in [3.63, 3.8) is 0 Å². The number of ether oxygens (including phenoxy) is 1. The first-order valence-electron chi connectivity index (χ1n) is 9.59. The molecule has 3 aromatic rings. The van der Waals surface area contributed by atoms with Gasteiger partial charge < -0.3 is 15.4 Å². The third-order valence-electron chi connectivity index (χ3n) is 4.52. The standard InChI is InChI=1S/C24H24N2O3/c1-2-29-23(27)20-13-15-21(16-14-20)26-24(28)25-17-22(18-9-5-3-6-10-18)19-11-7-4-8-12-19/h3-16,22H,2,17H2,1H3,(H2,25,26,28). The van der Waals surface area contributed by atoms with E-state index in [1.807, 2.05) is 36.4 Å². The maximum absolute atomic E-state index is 12.4. The Kier molecular flexibility index (Phi) is 7.00. The maximum Gasteiger partial charge on any atom is 0.338 e. The van der Waals surface area contributed by atoms with E-state index in [1.54, 1.807) is 31.2 Å². The Labute approximate surface area is 170 Å². The third kappa shape index (κ3) is 5.69. The summed E-state index contributed by atoms with van der Waals surface area (Å²) in [5, 5.41) is 5.74. The van der Waals surface area contributed by atoms with Crippen molar-refractivity contribution in [2.24, 2.45) is 0 Å². The van der Waals surface area contributed by atoms with Crippen LogP contribution in [0.15, 0.2) is 84.9 Å². The summed E-state index contributed by atoms with van der Waals surface area (Å²) in [6.45, 7) is 2.54. The van der Waals surface area contributed by atoms with Crippen molar-refractivity contribution >= 4 is 17.7 Å². The Morgan fingerprint density at radius 2 is 1.38 bits per heavy atom. The molecule has 0 aromatic heterocycles. The van der Waals surface area contributed by atoms with Crippen molar-refractivity contribution in [1.82, 2.24) is 5.32 Å². The summed E-state index contributed by atoms with van der Waals surface area (Å²) in [5.41, 5.74) is 3.33. The van der Waals surface area contributed by atoms with Gasteiger partial charge in [0.2, 0.25) is 0 Å². The molecule has 0 unspecified atom stereocenters. The fraction of sp³-hybridized carbons (Fsp3) is 0.167. The van der Waals surface area contributed by atoms with Crippen LogP contribution < -0.4 is 10.6 Å². The van der Waals surface area contributed by atoms with E-state index in [1.165, 1.54) is 0 Å². The maximum atomic E-state index is 12.4. The van der Waals surface area contributed by atoms with Gasteiger partial charge >= 0.3 is 12.0 Å². The van der Waals surface area contributed by atoms with Crippen LogP contribution in [0.25, 0.3) is 0 Å². The number of carbonyl (C=O) groups excluding carboxylic acids is 2. The molecule has 0 heterocycles. The van der Waals surface area contributed by atoms with Crippen LogP contribution in [-0.4, -0.2) is 25.2 Å². The molecule has 0 saturated carbocycles. The monoisotopic (exact) mass is 388 g/mol. The minimum absolute atomic E-state index is 0.0503. The first-order chi connectivity index (χ1) is 14.2. The summed E-state index contributed by atoms with van der Waals surface area (Å²) >= 11 is 0. The first-order valence-corrected chi connectivity index (χ1v) is 9.59. The Bertz CT molecular complexity index is 886. The molecular weight excluding hydrogens is 364 g/mol. The van der Waals surface area contributed by atoms with E-state index >= 15 is 0 Å². The number of esters is 1. The molecule has 0 saturated heterocycles. The van der Waals surface area contributed by atoms with E-state index in [0.717, 1.165) is 11.1 Å². The summed E-state index contributed by atoms with van der Waals surface area (Å²) in [4.78, 5) is 24.1. The quantitative estimate of drug-likeness (QED) is 0.571. The molecule has 2 amide bonds. The van der Waals surface area contributed by atoms with E-state index < -0.39 is 0 Å². The van der Waals surface area contributed by atoms with Crippen LogP contribution in [-0.2, 0) is 4.74 Å². The summed E-state index contributed by atoms with van der Waals surface area (Å²) < 4.78 is 4.96. The molecule has 5 nitrogen and oxygen atoms in total. The van der Waals surface area contributed by atoms with Crippen LogP contribution in [0.1, 0.15) is 34.3 Å². The molecule has 5 heteroatoms. The average Bonchev–Trinajstić information content (AvgIpc) is 2.76. The lowest BCUT2D eigenvalue weighted by Gasteiger charge is -2.19. The highest BCUT2D eigenvalue weighted by Crippen LogP contribution is 2.23. The number of nitrogens with one attached hydrogen (secondary N) is 2. The zero-order valence-corrected chi connectivity index (χ0v) is 16.3. The predicted molar refractivity (Wildman–Crippen MR) is 114 cm³/mol. The van der Waals surface area contributed by atoms with Crippen molar-refractivity contribution in [3.8, 4) is 0 Å². The highest BCUT2D eigenvalue weighted by atomic mass is 16.5. The van der Waals surface area contributed by atoms with Crippen molar-refractivity contribution < 1.29 is 14.3 Å². The first kappa shape index (κ1) is 20.1. The molecular formula is C24H24N2O3. The number of amides is 2. The van der Waals surface area contributed by atoms with Crippen LogP contribution in [0.2, 0.25) is 0 Å². The summed E-state index contributed by atoms with van der Waals surface area (Å²) in [7, 11) is 0. The van der Waals surface area contributed by atoms with E-state index in [9.17, 15) is 9.59 Å². The zero-order valence-electron chi connectivity index (χ0n) is 16.3. The molecule has 3 aromatic carbocycles. The van der Waals surface area contributed by atoms with Gasteiger partial charge in [0.15, 0.2) is 0 Å². The Hall–Kier alpha value is -3.60. The van der Waals surface area contributed by atoms with Crippen molar-refractivity contribution in [2.45, 2.75) is 12.8 Å². The van der Waals surface area contributed by atoms with Crippen LogP contribution >= 0.6 is 0 Å². The van der Waals surface area contributed by atoms with Gasteiger partial charge in [0, 0.05) is 18.2 Å². The van der Waals surface area contributed by atoms with E-state index in [4.69, 9.17) is 4.74 Å². The van der Waals surface area contributed by atoms with E-state index in [-0.39, 0.29) is 17.9 Å².